The Kier molecular flexibility index (Phi) is 8.18. The van der Waals surface area contributed by atoms with Crippen LogP contribution in [0.3, 0.4) is 0 Å². The molecule has 6 heteroatoms. The summed E-state index contributed by atoms with van der Waals surface area (Å²) in [7, 11) is 4.10. The smallest absolute Gasteiger partial charge is 0.243 e. The fourth-order valence-electron chi connectivity index (χ4n) is 1.86. The van der Waals surface area contributed by atoms with Crippen molar-refractivity contribution in [2.24, 2.45) is 14.1 Å². The van der Waals surface area contributed by atoms with E-state index >= 15 is 0 Å². The molecule has 102 valence electrons. The van der Waals surface area contributed by atoms with Crippen molar-refractivity contribution in [3.8, 4) is 0 Å². The Bertz CT molecular complexity index is 408. The molecule has 0 fully saturated rings. The summed E-state index contributed by atoms with van der Waals surface area (Å²) < 4.78 is 8.61. The van der Waals surface area contributed by atoms with Gasteiger partial charge in [0.2, 0.25) is 12.7 Å². The van der Waals surface area contributed by atoms with Crippen LogP contribution in [0.15, 0.2) is 37.4 Å². The van der Waals surface area contributed by atoms with E-state index in [0.717, 1.165) is 13.1 Å². The van der Waals surface area contributed by atoms with Gasteiger partial charge in [-0.2, -0.15) is 0 Å². The van der Waals surface area contributed by atoms with Gasteiger partial charge in [0, 0.05) is 0 Å². The van der Waals surface area contributed by atoms with E-state index in [9.17, 15) is 0 Å². The van der Waals surface area contributed by atoms with Crippen molar-refractivity contribution in [3.05, 3.63) is 37.4 Å². The molecule has 0 aliphatic heterocycles. The Labute approximate surface area is 129 Å². The average Bonchev–Trinajstić information content (AvgIpc) is 2.83. The SMILES string of the molecule is C[n+]1ccn(CCCCn2cc[n+](C)c2)c1.[Br-].[Br-]. The number of nitrogens with zero attached hydrogens (tertiary/aromatic N) is 4. The van der Waals surface area contributed by atoms with Crippen molar-refractivity contribution in [1.82, 2.24) is 9.13 Å². The molecule has 0 aromatic carbocycles. The maximum absolute atomic E-state index is 2.23. The van der Waals surface area contributed by atoms with Crippen LogP contribution >= 0.6 is 0 Å². The number of halogens is 2. The Hall–Kier alpha value is -0.620. The lowest BCUT2D eigenvalue weighted by molar-refractivity contribution is -0.671. The maximum atomic E-state index is 2.23. The molecule has 2 rings (SSSR count). The number of hydrogen-bond donors (Lipinski definition) is 0. The zero-order chi connectivity index (χ0) is 11.4. The molecular weight excluding hydrogens is 360 g/mol. The summed E-state index contributed by atoms with van der Waals surface area (Å²) in [5.41, 5.74) is 0. The normalized spacial score (nSPS) is 9.67. The molecule has 0 amide bonds. The summed E-state index contributed by atoms with van der Waals surface area (Å²) in [6, 6.07) is 0. The summed E-state index contributed by atoms with van der Waals surface area (Å²) in [5.74, 6) is 0. The topological polar surface area (TPSA) is 17.6 Å². The van der Waals surface area contributed by atoms with Gasteiger partial charge in [0.05, 0.1) is 27.2 Å². The average molecular weight is 380 g/mol. The van der Waals surface area contributed by atoms with Crippen molar-refractivity contribution < 1.29 is 43.1 Å². The van der Waals surface area contributed by atoms with Crippen LogP contribution in [-0.4, -0.2) is 9.13 Å². The number of aryl methyl sites for hydroxylation is 4. The second kappa shape index (κ2) is 8.48. The highest BCUT2D eigenvalue weighted by molar-refractivity contribution is 4.67. The van der Waals surface area contributed by atoms with Gasteiger partial charge in [-0.1, -0.05) is 0 Å². The van der Waals surface area contributed by atoms with Crippen LogP contribution in [0.4, 0.5) is 0 Å². The maximum Gasteiger partial charge on any atom is 0.243 e. The molecule has 0 N–H and O–H groups in total. The molecule has 0 spiro atoms. The van der Waals surface area contributed by atoms with Crippen LogP contribution in [0.1, 0.15) is 12.8 Å². The Balaban J connectivity index is 0.00000144. The van der Waals surface area contributed by atoms with Crippen molar-refractivity contribution in [3.63, 3.8) is 0 Å². The zero-order valence-electron chi connectivity index (χ0n) is 10.8. The lowest BCUT2D eigenvalue weighted by Gasteiger charge is -1.96. The summed E-state index contributed by atoms with van der Waals surface area (Å²) in [4.78, 5) is 0. The lowest BCUT2D eigenvalue weighted by Crippen LogP contribution is -3.00. The molecule has 0 saturated carbocycles. The fraction of sp³-hybridized carbons (Fsp3) is 0.500. The molecule has 0 bridgehead atoms. The van der Waals surface area contributed by atoms with Gasteiger partial charge in [-0.3, -0.25) is 0 Å². The van der Waals surface area contributed by atoms with E-state index in [-0.39, 0.29) is 34.0 Å². The highest BCUT2D eigenvalue weighted by atomic mass is 79.9. The predicted octanol–water partition coefficient (Wildman–Crippen LogP) is -5.57. The summed E-state index contributed by atoms with van der Waals surface area (Å²) in [6.07, 6.45) is 15.1. The molecule has 0 unspecified atom stereocenters. The molecule has 0 aliphatic rings. The lowest BCUT2D eigenvalue weighted by atomic mass is 10.3. The number of hydrogen-bond acceptors (Lipinski definition) is 0. The number of imidazole rings is 2. The van der Waals surface area contributed by atoms with E-state index in [1.165, 1.54) is 12.8 Å². The number of aromatic nitrogens is 4. The van der Waals surface area contributed by atoms with Crippen molar-refractivity contribution in [2.45, 2.75) is 25.9 Å². The fourth-order valence-corrected chi connectivity index (χ4v) is 1.86. The van der Waals surface area contributed by atoms with Crippen molar-refractivity contribution in [1.29, 1.82) is 0 Å². The van der Waals surface area contributed by atoms with E-state index in [2.05, 4.69) is 69.8 Å². The van der Waals surface area contributed by atoms with E-state index in [1.54, 1.807) is 0 Å². The standard InChI is InChI=1S/C12H20N4.2BrH/c1-13-7-9-15(11-13)5-3-4-6-16-10-8-14(2)12-16;;/h7-12H,3-6H2,1-2H3;2*1H/q+2;;/p-2. The molecule has 4 nitrogen and oxygen atoms in total. The first-order valence-electron chi connectivity index (χ1n) is 5.76. The minimum absolute atomic E-state index is 0. The van der Waals surface area contributed by atoms with Gasteiger partial charge in [0.25, 0.3) is 0 Å². The van der Waals surface area contributed by atoms with Gasteiger partial charge in [-0.25, -0.2) is 18.3 Å². The Morgan fingerprint density at radius 1 is 0.778 bits per heavy atom. The second-order valence-corrected chi connectivity index (χ2v) is 4.34. The van der Waals surface area contributed by atoms with Crippen LogP contribution in [-0.2, 0) is 27.2 Å². The first-order chi connectivity index (χ1) is 7.74. The highest BCUT2D eigenvalue weighted by Gasteiger charge is 2.02. The quantitative estimate of drug-likeness (QED) is 0.364. The summed E-state index contributed by atoms with van der Waals surface area (Å²) in [5, 5.41) is 0. The number of unbranched alkanes of at least 4 members (excludes halogenated alkanes) is 1. The molecule has 0 saturated heterocycles. The molecular formula is C12H20Br2N4. The van der Waals surface area contributed by atoms with Gasteiger partial charge in [-0.15, -0.1) is 0 Å². The predicted molar refractivity (Wildman–Crippen MR) is 60.5 cm³/mol. The second-order valence-electron chi connectivity index (χ2n) is 4.34. The molecule has 0 aliphatic carbocycles. The van der Waals surface area contributed by atoms with Gasteiger partial charge in [-0.05, 0) is 12.8 Å². The van der Waals surface area contributed by atoms with Crippen LogP contribution < -0.4 is 43.1 Å². The third-order valence-corrected chi connectivity index (χ3v) is 2.73. The van der Waals surface area contributed by atoms with Crippen LogP contribution in [0, 0.1) is 0 Å². The molecule has 2 heterocycles. The van der Waals surface area contributed by atoms with Crippen molar-refractivity contribution in [2.75, 3.05) is 0 Å². The van der Waals surface area contributed by atoms with Gasteiger partial charge in [0.1, 0.15) is 24.8 Å². The van der Waals surface area contributed by atoms with E-state index in [4.69, 9.17) is 0 Å². The van der Waals surface area contributed by atoms with Gasteiger partial charge < -0.3 is 34.0 Å². The van der Waals surface area contributed by atoms with E-state index < -0.39 is 0 Å². The first kappa shape index (κ1) is 17.4. The first-order valence-corrected chi connectivity index (χ1v) is 5.76. The highest BCUT2D eigenvalue weighted by Crippen LogP contribution is 1.97. The molecule has 18 heavy (non-hydrogen) atoms. The van der Waals surface area contributed by atoms with Crippen LogP contribution in [0.25, 0.3) is 0 Å². The Morgan fingerprint density at radius 3 is 1.44 bits per heavy atom. The molecule has 0 radical (unpaired) electrons. The van der Waals surface area contributed by atoms with Crippen LogP contribution in [0.5, 0.6) is 0 Å². The van der Waals surface area contributed by atoms with E-state index in [0.29, 0.717) is 0 Å². The molecule has 2 aromatic rings. The Morgan fingerprint density at radius 2 is 1.17 bits per heavy atom. The van der Waals surface area contributed by atoms with E-state index in [1.807, 2.05) is 0 Å². The summed E-state index contributed by atoms with van der Waals surface area (Å²) in [6.45, 7) is 2.21. The van der Waals surface area contributed by atoms with Crippen LogP contribution in [0.2, 0.25) is 0 Å². The zero-order valence-corrected chi connectivity index (χ0v) is 14.0. The number of rotatable bonds is 5. The summed E-state index contributed by atoms with van der Waals surface area (Å²) >= 11 is 0. The molecule has 2 aromatic heterocycles. The van der Waals surface area contributed by atoms with Gasteiger partial charge >= 0.3 is 0 Å². The minimum atomic E-state index is 0. The van der Waals surface area contributed by atoms with Gasteiger partial charge in [0.15, 0.2) is 0 Å². The largest absolute Gasteiger partial charge is 1.00 e. The van der Waals surface area contributed by atoms with Crippen molar-refractivity contribution >= 4 is 0 Å². The third kappa shape index (κ3) is 5.35. The third-order valence-electron chi connectivity index (χ3n) is 2.73. The monoisotopic (exact) mass is 378 g/mol. The minimum Gasteiger partial charge on any atom is -1.00 e. The molecule has 0 atom stereocenters.